The molecule has 24 heavy (non-hydrogen) atoms. The highest BCUT2D eigenvalue weighted by molar-refractivity contribution is 9.10. The summed E-state index contributed by atoms with van der Waals surface area (Å²) in [5.41, 5.74) is 1.73. The van der Waals surface area contributed by atoms with Gasteiger partial charge in [-0.2, -0.15) is 0 Å². The average molecular weight is 412 g/mol. The first kappa shape index (κ1) is 18.5. The lowest BCUT2D eigenvalue weighted by Gasteiger charge is -2.11. The minimum absolute atomic E-state index is 0.151. The van der Waals surface area contributed by atoms with E-state index in [4.69, 9.17) is 4.52 Å². The molecule has 0 aliphatic heterocycles. The highest BCUT2D eigenvalue weighted by atomic mass is 79.9. The van der Waals surface area contributed by atoms with E-state index in [1.807, 2.05) is 25.1 Å². The Morgan fingerprint density at radius 1 is 1.29 bits per heavy atom. The maximum absolute atomic E-state index is 12.0. The predicted molar refractivity (Wildman–Crippen MR) is 99.3 cm³/mol. The zero-order chi connectivity index (χ0) is 17.7. The summed E-state index contributed by atoms with van der Waals surface area (Å²) in [6.45, 7) is 5.41. The van der Waals surface area contributed by atoms with E-state index in [-0.39, 0.29) is 17.6 Å². The standard InChI is InChI=1S/C16H18BrN3O3S/c1-9-6-12(17)4-5-13(9)18-15(21)8-24-11(3)16(22)19-14-7-10(2)23-20-14/h4-7,11H,8H2,1-3H3,(H,18,21)(H,19,20,22)/t11-/m1/s1. The van der Waals surface area contributed by atoms with Crippen molar-refractivity contribution in [3.63, 3.8) is 0 Å². The summed E-state index contributed by atoms with van der Waals surface area (Å²) in [5.74, 6) is 0.806. The summed E-state index contributed by atoms with van der Waals surface area (Å²) in [5, 5.41) is 8.81. The number of nitrogens with zero attached hydrogens (tertiary/aromatic N) is 1. The number of aromatic nitrogens is 1. The summed E-state index contributed by atoms with van der Waals surface area (Å²) < 4.78 is 5.85. The lowest BCUT2D eigenvalue weighted by atomic mass is 10.2. The summed E-state index contributed by atoms with van der Waals surface area (Å²) in [6.07, 6.45) is 0. The predicted octanol–water partition coefficient (Wildman–Crippen LogP) is 3.75. The van der Waals surface area contributed by atoms with E-state index in [2.05, 4.69) is 31.7 Å². The van der Waals surface area contributed by atoms with Gasteiger partial charge in [-0.25, -0.2) is 0 Å². The largest absolute Gasteiger partial charge is 0.360 e. The van der Waals surface area contributed by atoms with Gasteiger partial charge in [0.15, 0.2) is 5.82 Å². The van der Waals surface area contributed by atoms with Crippen LogP contribution in [0.3, 0.4) is 0 Å². The monoisotopic (exact) mass is 411 g/mol. The number of carbonyl (C=O) groups excluding carboxylic acids is 2. The molecule has 1 heterocycles. The van der Waals surface area contributed by atoms with Crippen molar-refractivity contribution >= 4 is 51.0 Å². The number of aryl methyl sites for hydroxylation is 2. The molecule has 1 aromatic carbocycles. The van der Waals surface area contributed by atoms with Gasteiger partial charge in [0.05, 0.1) is 11.0 Å². The average Bonchev–Trinajstić information content (AvgIpc) is 2.92. The Hall–Kier alpha value is -1.80. The van der Waals surface area contributed by atoms with Crippen LogP contribution in [-0.4, -0.2) is 28.0 Å². The second-order valence-electron chi connectivity index (χ2n) is 5.27. The van der Waals surface area contributed by atoms with E-state index in [0.717, 1.165) is 15.7 Å². The van der Waals surface area contributed by atoms with Gasteiger partial charge in [0.25, 0.3) is 0 Å². The van der Waals surface area contributed by atoms with Crippen molar-refractivity contribution in [1.29, 1.82) is 0 Å². The third-order valence-electron chi connectivity index (χ3n) is 3.18. The van der Waals surface area contributed by atoms with Crippen molar-refractivity contribution in [2.24, 2.45) is 0 Å². The molecule has 2 rings (SSSR count). The van der Waals surface area contributed by atoms with Crippen LogP contribution in [0.2, 0.25) is 0 Å². The van der Waals surface area contributed by atoms with Gasteiger partial charge in [-0.3, -0.25) is 9.59 Å². The molecule has 2 aromatic rings. The van der Waals surface area contributed by atoms with E-state index in [9.17, 15) is 9.59 Å². The van der Waals surface area contributed by atoms with E-state index >= 15 is 0 Å². The number of hydrogen-bond donors (Lipinski definition) is 2. The van der Waals surface area contributed by atoms with Gasteiger partial charge in [0, 0.05) is 16.2 Å². The Morgan fingerprint density at radius 3 is 2.67 bits per heavy atom. The van der Waals surface area contributed by atoms with Crippen LogP contribution in [0, 0.1) is 13.8 Å². The number of amides is 2. The first-order chi connectivity index (χ1) is 11.3. The van der Waals surface area contributed by atoms with Gasteiger partial charge in [-0.15, -0.1) is 11.8 Å². The number of thioether (sulfide) groups is 1. The molecule has 0 bridgehead atoms. The van der Waals surface area contributed by atoms with Gasteiger partial charge in [-0.05, 0) is 44.5 Å². The van der Waals surface area contributed by atoms with Gasteiger partial charge in [0.1, 0.15) is 5.76 Å². The number of hydrogen-bond acceptors (Lipinski definition) is 5. The van der Waals surface area contributed by atoms with Gasteiger partial charge in [-0.1, -0.05) is 21.1 Å². The van der Waals surface area contributed by atoms with Crippen molar-refractivity contribution < 1.29 is 14.1 Å². The molecular weight excluding hydrogens is 394 g/mol. The first-order valence-electron chi connectivity index (χ1n) is 7.27. The number of carbonyl (C=O) groups is 2. The molecule has 0 radical (unpaired) electrons. The molecule has 8 heteroatoms. The summed E-state index contributed by atoms with van der Waals surface area (Å²) >= 11 is 4.64. The smallest absolute Gasteiger partial charge is 0.238 e. The maximum Gasteiger partial charge on any atom is 0.238 e. The van der Waals surface area contributed by atoms with Crippen LogP contribution in [0.15, 0.2) is 33.3 Å². The van der Waals surface area contributed by atoms with Crippen LogP contribution < -0.4 is 10.6 Å². The van der Waals surface area contributed by atoms with Crippen LogP contribution in [0.1, 0.15) is 18.2 Å². The fourth-order valence-corrected chi connectivity index (χ4v) is 3.04. The summed E-state index contributed by atoms with van der Waals surface area (Å²) in [6, 6.07) is 7.27. The van der Waals surface area contributed by atoms with Crippen LogP contribution >= 0.6 is 27.7 Å². The molecular formula is C16H18BrN3O3S. The van der Waals surface area contributed by atoms with Crippen LogP contribution in [0.5, 0.6) is 0 Å². The number of nitrogens with one attached hydrogen (secondary N) is 2. The Kier molecular flexibility index (Phi) is 6.44. The van der Waals surface area contributed by atoms with Crippen LogP contribution in [-0.2, 0) is 9.59 Å². The minimum atomic E-state index is -0.390. The Morgan fingerprint density at radius 2 is 2.04 bits per heavy atom. The Bertz CT molecular complexity index is 748. The van der Waals surface area contributed by atoms with Gasteiger partial charge >= 0.3 is 0 Å². The summed E-state index contributed by atoms with van der Waals surface area (Å²) in [4.78, 5) is 24.1. The third kappa shape index (κ3) is 5.38. The molecule has 1 aromatic heterocycles. The lowest BCUT2D eigenvalue weighted by molar-refractivity contribution is -0.115. The van der Waals surface area contributed by atoms with Gasteiger partial charge in [0.2, 0.25) is 11.8 Å². The summed E-state index contributed by atoms with van der Waals surface area (Å²) in [7, 11) is 0. The Balaban J connectivity index is 1.81. The lowest BCUT2D eigenvalue weighted by Crippen LogP contribution is -2.25. The second-order valence-corrected chi connectivity index (χ2v) is 7.52. The molecule has 1 atom stereocenters. The zero-order valence-corrected chi connectivity index (χ0v) is 16.0. The molecule has 128 valence electrons. The third-order valence-corrected chi connectivity index (χ3v) is 4.81. The van der Waals surface area contributed by atoms with E-state index < -0.39 is 5.25 Å². The quantitative estimate of drug-likeness (QED) is 0.755. The molecule has 2 N–H and O–H groups in total. The molecule has 0 saturated carbocycles. The van der Waals surface area contributed by atoms with Crippen molar-refractivity contribution in [2.75, 3.05) is 16.4 Å². The van der Waals surface area contributed by atoms with Crippen molar-refractivity contribution in [3.8, 4) is 0 Å². The molecule has 0 spiro atoms. The van der Waals surface area contributed by atoms with Gasteiger partial charge < -0.3 is 15.2 Å². The van der Waals surface area contributed by atoms with Crippen molar-refractivity contribution in [3.05, 3.63) is 40.1 Å². The number of halogens is 1. The Labute approximate surface area is 152 Å². The number of rotatable bonds is 6. The second kappa shape index (κ2) is 8.34. The zero-order valence-electron chi connectivity index (χ0n) is 13.6. The van der Waals surface area contributed by atoms with E-state index in [0.29, 0.717) is 11.6 Å². The minimum Gasteiger partial charge on any atom is -0.360 e. The molecule has 2 amide bonds. The first-order valence-corrected chi connectivity index (χ1v) is 9.11. The van der Waals surface area contributed by atoms with Crippen LogP contribution in [0.4, 0.5) is 11.5 Å². The van der Waals surface area contributed by atoms with Crippen molar-refractivity contribution in [1.82, 2.24) is 5.16 Å². The van der Waals surface area contributed by atoms with Crippen LogP contribution in [0.25, 0.3) is 0 Å². The fourth-order valence-electron chi connectivity index (χ4n) is 1.88. The van der Waals surface area contributed by atoms with E-state index in [1.165, 1.54) is 11.8 Å². The molecule has 0 unspecified atom stereocenters. The molecule has 6 nitrogen and oxygen atoms in total. The highest BCUT2D eigenvalue weighted by Gasteiger charge is 2.17. The highest BCUT2D eigenvalue weighted by Crippen LogP contribution is 2.21. The molecule has 0 aliphatic rings. The number of benzene rings is 1. The molecule has 0 saturated heterocycles. The topological polar surface area (TPSA) is 84.2 Å². The van der Waals surface area contributed by atoms with Crippen molar-refractivity contribution in [2.45, 2.75) is 26.0 Å². The molecule has 0 aliphatic carbocycles. The van der Waals surface area contributed by atoms with E-state index in [1.54, 1.807) is 19.9 Å². The number of anilines is 2. The molecule has 0 fully saturated rings. The normalized spacial score (nSPS) is 11.8. The SMILES string of the molecule is Cc1cc(NC(=O)[C@@H](C)SCC(=O)Nc2ccc(Br)cc2C)no1. The fraction of sp³-hybridized carbons (Fsp3) is 0.312. The maximum atomic E-state index is 12.0.